The highest BCUT2D eigenvalue weighted by Gasteiger charge is 2.36. The second-order valence-electron chi connectivity index (χ2n) is 7.94. The van der Waals surface area contributed by atoms with E-state index in [4.69, 9.17) is 0 Å². The number of amides is 2. The predicted molar refractivity (Wildman–Crippen MR) is 107 cm³/mol. The molecule has 2 fully saturated rings. The van der Waals surface area contributed by atoms with Crippen molar-refractivity contribution < 1.29 is 9.59 Å². The molecular weight excluding hydrogens is 352 g/mol. The minimum atomic E-state index is -0.0115. The van der Waals surface area contributed by atoms with Crippen LogP contribution in [-0.2, 0) is 4.79 Å². The van der Waals surface area contributed by atoms with Gasteiger partial charge in [-0.25, -0.2) is 9.97 Å². The SMILES string of the molecule is CN(CC1CC(=O)N(C2CCCC2)C1)C(=O)c1ccc(-c2cncnc2)cc1. The highest BCUT2D eigenvalue weighted by Crippen LogP contribution is 2.30. The maximum absolute atomic E-state index is 12.8. The summed E-state index contributed by atoms with van der Waals surface area (Å²) in [4.78, 5) is 37.0. The summed E-state index contributed by atoms with van der Waals surface area (Å²) in [5.74, 6) is 0.470. The van der Waals surface area contributed by atoms with Gasteiger partial charge in [-0.2, -0.15) is 0 Å². The molecule has 1 saturated heterocycles. The maximum Gasteiger partial charge on any atom is 0.253 e. The lowest BCUT2D eigenvalue weighted by Crippen LogP contribution is -2.36. The maximum atomic E-state index is 12.8. The molecule has 146 valence electrons. The van der Waals surface area contributed by atoms with Crippen molar-refractivity contribution in [1.82, 2.24) is 19.8 Å². The van der Waals surface area contributed by atoms with E-state index in [1.54, 1.807) is 17.3 Å². The number of rotatable bonds is 5. The van der Waals surface area contributed by atoms with Crippen molar-refractivity contribution >= 4 is 11.8 Å². The normalized spacial score (nSPS) is 20.0. The first-order chi connectivity index (χ1) is 13.6. The largest absolute Gasteiger partial charge is 0.341 e. The Hall–Kier alpha value is -2.76. The first kappa shape index (κ1) is 18.6. The van der Waals surface area contributed by atoms with E-state index >= 15 is 0 Å². The lowest BCUT2D eigenvalue weighted by atomic mass is 10.1. The second-order valence-corrected chi connectivity index (χ2v) is 7.94. The van der Waals surface area contributed by atoms with Gasteiger partial charge in [0.2, 0.25) is 5.91 Å². The summed E-state index contributed by atoms with van der Waals surface area (Å²) in [5, 5.41) is 0. The summed E-state index contributed by atoms with van der Waals surface area (Å²) < 4.78 is 0. The molecule has 0 bridgehead atoms. The topological polar surface area (TPSA) is 66.4 Å². The minimum absolute atomic E-state index is 0.0115. The number of likely N-dealkylation sites (tertiary alicyclic amines) is 1. The van der Waals surface area contributed by atoms with Gasteiger partial charge >= 0.3 is 0 Å². The van der Waals surface area contributed by atoms with Crippen LogP contribution in [0.25, 0.3) is 11.1 Å². The van der Waals surface area contributed by atoms with E-state index in [1.165, 1.54) is 19.2 Å². The fraction of sp³-hybridized carbons (Fsp3) is 0.455. The van der Waals surface area contributed by atoms with E-state index < -0.39 is 0 Å². The third-order valence-electron chi connectivity index (χ3n) is 5.91. The highest BCUT2D eigenvalue weighted by molar-refractivity contribution is 5.94. The van der Waals surface area contributed by atoms with Crippen molar-refractivity contribution in [3.8, 4) is 11.1 Å². The van der Waals surface area contributed by atoms with E-state index in [1.807, 2.05) is 31.3 Å². The number of carbonyl (C=O) groups is 2. The van der Waals surface area contributed by atoms with Crippen LogP contribution in [0.4, 0.5) is 0 Å². The summed E-state index contributed by atoms with van der Waals surface area (Å²) in [6, 6.07) is 7.94. The molecular formula is C22H26N4O2. The van der Waals surface area contributed by atoms with Crippen molar-refractivity contribution in [3.05, 3.63) is 48.5 Å². The average Bonchev–Trinajstić information content (AvgIpc) is 3.38. The molecule has 1 aliphatic carbocycles. The number of hydrogen-bond acceptors (Lipinski definition) is 4. The third kappa shape index (κ3) is 3.91. The molecule has 0 spiro atoms. The van der Waals surface area contributed by atoms with E-state index in [0.29, 0.717) is 24.6 Å². The molecule has 2 heterocycles. The lowest BCUT2D eigenvalue weighted by Gasteiger charge is -2.25. The minimum Gasteiger partial charge on any atom is -0.341 e. The van der Waals surface area contributed by atoms with Crippen LogP contribution < -0.4 is 0 Å². The highest BCUT2D eigenvalue weighted by atomic mass is 16.2. The Kier molecular flexibility index (Phi) is 5.37. The molecule has 1 aromatic heterocycles. The Labute approximate surface area is 165 Å². The number of aromatic nitrogens is 2. The summed E-state index contributed by atoms with van der Waals surface area (Å²) in [6.07, 6.45) is 10.3. The van der Waals surface area contributed by atoms with Crippen LogP contribution in [0.5, 0.6) is 0 Å². The van der Waals surface area contributed by atoms with Gasteiger partial charge in [-0.15, -0.1) is 0 Å². The van der Waals surface area contributed by atoms with Gasteiger partial charge in [0.1, 0.15) is 6.33 Å². The van der Waals surface area contributed by atoms with Crippen LogP contribution >= 0.6 is 0 Å². The van der Waals surface area contributed by atoms with Crippen molar-refractivity contribution in [1.29, 1.82) is 0 Å². The van der Waals surface area contributed by atoms with E-state index in [0.717, 1.165) is 30.5 Å². The van der Waals surface area contributed by atoms with Gasteiger partial charge < -0.3 is 9.80 Å². The van der Waals surface area contributed by atoms with Gasteiger partial charge in [-0.05, 0) is 30.5 Å². The predicted octanol–water partition coefficient (Wildman–Crippen LogP) is 3.01. The molecule has 1 saturated carbocycles. The van der Waals surface area contributed by atoms with E-state index in [2.05, 4.69) is 14.9 Å². The molecule has 1 unspecified atom stereocenters. The molecule has 1 aromatic carbocycles. The monoisotopic (exact) mass is 378 g/mol. The Morgan fingerprint density at radius 1 is 1.11 bits per heavy atom. The van der Waals surface area contributed by atoms with Crippen LogP contribution in [0.2, 0.25) is 0 Å². The summed E-state index contributed by atoms with van der Waals surface area (Å²) in [5.41, 5.74) is 2.56. The molecule has 0 radical (unpaired) electrons. The average molecular weight is 378 g/mol. The van der Waals surface area contributed by atoms with Crippen molar-refractivity contribution in [2.45, 2.75) is 38.1 Å². The number of carbonyl (C=O) groups excluding carboxylic acids is 2. The molecule has 1 atom stereocenters. The number of hydrogen-bond donors (Lipinski definition) is 0. The smallest absolute Gasteiger partial charge is 0.253 e. The molecule has 1 aliphatic heterocycles. The summed E-state index contributed by atoms with van der Waals surface area (Å²) >= 11 is 0. The molecule has 2 aliphatic rings. The Morgan fingerprint density at radius 2 is 1.79 bits per heavy atom. The molecule has 4 rings (SSSR count). The van der Waals surface area contributed by atoms with Gasteiger partial charge in [0, 0.05) is 62.0 Å². The van der Waals surface area contributed by atoms with Gasteiger partial charge in [-0.1, -0.05) is 25.0 Å². The quantitative estimate of drug-likeness (QED) is 0.802. The van der Waals surface area contributed by atoms with Gasteiger partial charge in [0.05, 0.1) is 0 Å². The Morgan fingerprint density at radius 3 is 2.46 bits per heavy atom. The van der Waals surface area contributed by atoms with Crippen molar-refractivity contribution in [2.75, 3.05) is 20.1 Å². The Balaban J connectivity index is 1.36. The van der Waals surface area contributed by atoms with Gasteiger partial charge in [0.15, 0.2) is 0 Å². The number of nitrogens with zero attached hydrogens (tertiary/aromatic N) is 4. The van der Waals surface area contributed by atoms with Gasteiger partial charge in [-0.3, -0.25) is 9.59 Å². The van der Waals surface area contributed by atoms with Crippen molar-refractivity contribution in [3.63, 3.8) is 0 Å². The van der Waals surface area contributed by atoms with Crippen LogP contribution in [0.15, 0.2) is 43.0 Å². The fourth-order valence-electron chi connectivity index (χ4n) is 4.44. The first-order valence-corrected chi connectivity index (χ1v) is 10.0. The van der Waals surface area contributed by atoms with Crippen LogP contribution in [0.1, 0.15) is 42.5 Å². The molecule has 0 N–H and O–H groups in total. The molecule has 2 aromatic rings. The zero-order chi connectivity index (χ0) is 19.5. The standard InChI is InChI=1S/C22H26N4O2/c1-25(13-16-10-21(27)26(14-16)20-4-2-3-5-20)22(28)18-8-6-17(7-9-18)19-11-23-15-24-12-19/h6-9,11-12,15-16,20H,2-5,10,13-14H2,1H3. The lowest BCUT2D eigenvalue weighted by molar-refractivity contribution is -0.129. The fourth-order valence-corrected chi connectivity index (χ4v) is 4.44. The zero-order valence-corrected chi connectivity index (χ0v) is 16.3. The third-order valence-corrected chi connectivity index (χ3v) is 5.91. The van der Waals surface area contributed by atoms with Crippen LogP contribution in [0.3, 0.4) is 0 Å². The molecule has 6 nitrogen and oxygen atoms in total. The number of benzene rings is 1. The molecule has 2 amide bonds. The summed E-state index contributed by atoms with van der Waals surface area (Å²) in [6.45, 7) is 1.40. The van der Waals surface area contributed by atoms with Crippen LogP contribution in [0, 0.1) is 5.92 Å². The first-order valence-electron chi connectivity index (χ1n) is 10.0. The van der Waals surface area contributed by atoms with Crippen LogP contribution in [-0.4, -0.2) is 57.8 Å². The van der Waals surface area contributed by atoms with E-state index in [9.17, 15) is 9.59 Å². The van der Waals surface area contributed by atoms with Crippen molar-refractivity contribution in [2.24, 2.45) is 5.92 Å². The van der Waals surface area contributed by atoms with E-state index in [-0.39, 0.29) is 17.7 Å². The molecule has 28 heavy (non-hydrogen) atoms. The second kappa shape index (κ2) is 8.09. The summed E-state index contributed by atoms with van der Waals surface area (Å²) in [7, 11) is 1.82. The Bertz CT molecular complexity index is 831. The van der Waals surface area contributed by atoms with Gasteiger partial charge in [0.25, 0.3) is 5.91 Å². The molecule has 6 heteroatoms. The zero-order valence-electron chi connectivity index (χ0n) is 16.3.